The first-order valence-corrected chi connectivity index (χ1v) is 11.0. The van der Waals surface area contributed by atoms with E-state index in [1.165, 1.54) is 41.0 Å². The lowest BCUT2D eigenvalue weighted by Gasteiger charge is -2.24. The molecule has 0 radical (unpaired) electrons. The van der Waals surface area contributed by atoms with E-state index >= 15 is 0 Å². The lowest BCUT2D eigenvalue weighted by Crippen LogP contribution is -2.41. The van der Waals surface area contributed by atoms with E-state index in [-0.39, 0.29) is 30.1 Å². The van der Waals surface area contributed by atoms with Gasteiger partial charge in [-0.2, -0.15) is 0 Å². The van der Waals surface area contributed by atoms with Crippen molar-refractivity contribution in [2.75, 3.05) is 5.32 Å². The number of hydrazine groups is 1. The van der Waals surface area contributed by atoms with Gasteiger partial charge in [0.15, 0.2) is 0 Å². The smallest absolute Gasteiger partial charge is 0.279 e. The van der Waals surface area contributed by atoms with Gasteiger partial charge < -0.3 is 5.32 Å². The average molecular weight is 412 g/mol. The van der Waals surface area contributed by atoms with E-state index in [4.69, 9.17) is 0 Å². The van der Waals surface area contributed by atoms with Gasteiger partial charge in [-0.3, -0.25) is 25.2 Å². The average Bonchev–Trinajstić information content (AvgIpc) is 3.01. The number of thiophene rings is 1. The molecule has 2 heterocycles. The third-order valence-electron chi connectivity index (χ3n) is 5.62. The predicted molar refractivity (Wildman–Crippen MR) is 113 cm³/mol. The van der Waals surface area contributed by atoms with Crippen molar-refractivity contribution in [2.24, 2.45) is 5.92 Å². The zero-order valence-corrected chi connectivity index (χ0v) is 17.1. The monoisotopic (exact) mass is 411 g/mol. The number of carbonyl (C=O) groups excluding carboxylic acids is 3. The fraction of sp³-hybridized carbons (Fsp3) is 0.409. The Balaban J connectivity index is 1.25. The number of rotatable bonds is 4. The summed E-state index contributed by atoms with van der Waals surface area (Å²) in [7, 11) is 0. The molecule has 1 aliphatic carbocycles. The Labute approximate surface area is 174 Å². The summed E-state index contributed by atoms with van der Waals surface area (Å²) in [5.74, 6) is -0.858. The van der Waals surface area contributed by atoms with Crippen molar-refractivity contribution < 1.29 is 14.4 Å². The number of aryl methyl sites for hydroxylation is 2. The van der Waals surface area contributed by atoms with Gasteiger partial charge in [-0.1, -0.05) is 24.6 Å². The molecule has 6 nitrogen and oxygen atoms in total. The Kier molecular flexibility index (Phi) is 5.94. The maximum atomic E-state index is 12.4. The van der Waals surface area contributed by atoms with Gasteiger partial charge in [0, 0.05) is 22.9 Å². The van der Waals surface area contributed by atoms with Gasteiger partial charge in [0.2, 0.25) is 11.8 Å². The van der Waals surface area contributed by atoms with Gasteiger partial charge in [0.1, 0.15) is 0 Å². The molecule has 2 aliphatic rings. The zero-order chi connectivity index (χ0) is 20.2. The van der Waals surface area contributed by atoms with E-state index < -0.39 is 0 Å². The van der Waals surface area contributed by atoms with Gasteiger partial charge in [-0.15, -0.1) is 11.3 Å². The maximum absolute atomic E-state index is 12.4. The van der Waals surface area contributed by atoms with E-state index in [1.54, 1.807) is 0 Å². The van der Waals surface area contributed by atoms with Crippen molar-refractivity contribution in [1.29, 1.82) is 0 Å². The number of amides is 3. The first-order chi connectivity index (χ1) is 14.1. The van der Waals surface area contributed by atoms with E-state index in [2.05, 4.69) is 16.2 Å². The number of para-hydroxylation sites is 1. The SMILES string of the molecule is O=C(CCC1Cc2ccccc2NC1=O)NNC(=O)c1cc2c(s1)CCCCC2. The van der Waals surface area contributed by atoms with Crippen molar-refractivity contribution in [3.05, 3.63) is 51.2 Å². The lowest BCUT2D eigenvalue weighted by atomic mass is 9.89. The molecular weight excluding hydrogens is 386 g/mol. The molecule has 4 rings (SSSR count). The fourth-order valence-electron chi connectivity index (χ4n) is 3.98. The van der Waals surface area contributed by atoms with Crippen LogP contribution in [0.15, 0.2) is 30.3 Å². The highest BCUT2D eigenvalue weighted by molar-refractivity contribution is 7.14. The van der Waals surface area contributed by atoms with Crippen LogP contribution in [0.5, 0.6) is 0 Å². The van der Waals surface area contributed by atoms with Gasteiger partial charge in [-0.25, -0.2) is 0 Å². The van der Waals surface area contributed by atoms with Crippen LogP contribution in [0.3, 0.4) is 0 Å². The molecule has 3 amide bonds. The van der Waals surface area contributed by atoms with Crippen LogP contribution in [-0.4, -0.2) is 17.7 Å². The summed E-state index contributed by atoms with van der Waals surface area (Å²) in [6.07, 6.45) is 6.89. The normalized spacial score (nSPS) is 18.1. The molecule has 0 saturated carbocycles. The molecule has 0 saturated heterocycles. The highest BCUT2D eigenvalue weighted by atomic mass is 32.1. The zero-order valence-electron chi connectivity index (χ0n) is 16.3. The van der Waals surface area contributed by atoms with Gasteiger partial charge in [0.05, 0.1) is 4.88 Å². The molecule has 29 heavy (non-hydrogen) atoms. The molecule has 1 aromatic carbocycles. The highest BCUT2D eigenvalue weighted by Crippen LogP contribution is 2.29. The second-order valence-corrected chi connectivity index (χ2v) is 8.84. The van der Waals surface area contributed by atoms with Crippen LogP contribution in [0.1, 0.15) is 57.8 Å². The summed E-state index contributed by atoms with van der Waals surface area (Å²) in [4.78, 5) is 38.7. The first-order valence-electron chi connectivity index (χ1n) is 10.2. The Morgan fingerprint density at radius 3 is 2.79 bits per heavy atom. The Hall–Kier alpha value is -2.67. The second-order valence-electron chi connectivity index (χ2n) is 7.71. The minimum Gasteiger partial charge on any atom is -0.326 e. The molecule has 1 atom stereocenters. The Morgan fingerprint density at radius 2 is 1.90 bits per heavy atom. The van der Waals surface area contributed by atoms with Crippen molar-refractivity contribution >= 4 is 34.7 Å². The van der Waals surface area contributed by atoms with Gasteiger partial charge in [-0.05, 0) is 61.8 Å². The summed E-state index contributed by atoms with van der Waals surface area (Å²) in [5.41, 5.74) is 8.20. The van der Waals surface area contributed by atoms with Gasteiger partial charge >= 0.3 is 0 Å². The largest absolute Gasteiger partial charge is 0.326 e. The molecular formula is C22H25N3O3S. The minimum absolute atomic E-state index is 0.0550. The number of benzene rings is 1. The number of carbonyl (C=O) groups is 3. The molecule has 2 aromatic rings. The number of fused-ring (bicyclic) bond motifs is 2. The molecule has 0 bridgehead atoms. The molecule has 1 aliphatic heterocycles. The number of anilines is 1. The lowest BCUT2D eigenvalue weighted by molar-refractivity contribution is -0.123. The number of hydrogen-bond acceptors (Lipinski definition) is 4. The third kappa shape index (κ3) is 4.67. The minimum atomic E-state index is -0.289. The summed E-state index contributed by atoms with van der Waals surface area (Å²) in [6.45, 7) is 0. The van der Waals surface area contributed by atoms with Crippen molar-refractivity contribution in [1.82, 2.24) is 10.9 Å². The Morgan fingerprint density at radius 1 is 1.07 bits per heavy atom. The van der Waals surface area contributed by atoms with Crippen LogP contribution >= 0.6 is 11.3 Å². The summed E-state index contributed by atoms with van der Waals surface area (Å²) in [6, 6.07) is 9.66. The summed E-state index contributed by atoms with van der Waals surface area (Å²) < 4.78 is 0. The van der Waals surface area contributed by atoms with Crippen molar-refractivity contribution in [2.45, 2.75) is 51.4 Å². The number of hydrogen-bond donors (Lipinski definition) is 3. The molecule has 152 valence electrons. The van der Waals surface area contributed by atoms with E-state index in [1.807, 2.05) is 30.3 Å². The first kappa shape index (κ1) is 19.6. The van der Waals surface area contributed by atoms with E-state index in [0.29, 0.717) is 17.7 Å². The predicted octanol–water partition coefficient (Wildman–Crippen LogP) is 3.37. The van der Waals surface area contributed by atoms with Crippen LogP contribution in [-0.2, 0) is 28.9 Å². The third-order valence-corrected chi connectivity index (χ3v) is 6.85. The van der Waals surface area contributed by atoms with E-state index in [9.17, 15) is 14.4 Å². The van der Waals surface area contributed by atoms with Gasteiger partial charge in [0.25, 0.3) is 5.91 Å². The highest BCUT2D eigenvalue weighted by Gasteiger charge is 2.26. The molecule has 1 unspecified atom stereocenters. The number of nitrogens with one attached hydrogen (secondary N) is 3. The van der Waals surface area contributed by atoms with Crippen LogP contribution in [0.4, 0.5) is 5.69 Å². The molecule has 0 spiro atoms. The van der Waals surface area contributed by atoms with Crippen LogP contribution in [0.2, 0.25) is 0 Å². The quantitative estimate of drug-likeness (QED) is 0.532. The van der Waals surface area contributed by atoms with Crippen LogP contribution in [0, 0.1) is 5.92 Å². The summed E-state index contributed by atoms with van der Waals surface area (Å²) >= 11 is 1.52. The standard InChI is InChI=1S/C22H25N3O3S/c26-20(11-10-16-12-14-6-4-5-8-17(14)23-21(16)27)24-25-22(28)19-13-15-7-2-1-3-9-18(15)29-19/h4-6,8,13,16H,1-3,7,9-12H2,(H,23,27)(H,24,26)(H,25,28). The molecule has 7 heteroatoms. The molecule has 0 fully saturated rings. The van der Waals surface area contributed by atoms with Crippen molar-refractivity contribution in [3.8, 4) is 0 Å². The molecule has 1 aromatic heterocycles. The molecule has 3 N–H and O–H groups in total. The van der Waals surface area contributed by atoms with E-state index in [0.717, 1.165) is 24.1 Å². The van der Waals surface area contributed by atoms with Crippen LogP contribution in [0.25, 0.3) is 0 Å². The topological polar surface area (TPSA) is 87.3 Å². The Bertz CT molecular complexity index is 914. The fourth-order valence-corrected chi connectivity index (χ4v) is 5.13. The van der Waals surface area contributed by atoms with Crippen molar-refractivity contribution in [3.63, 3.8) is 0 Å². The van der Waals surface area contributed by atoms with Crippen LogP contribution < -0.4 is 16.2 Å². The second kappa shape index (κ2) is 8.78. The maximum Gasteiger partial charge on any atom is 0.279 e. The summed E-state index contributed by atoms with van der Waals surface area (Å²) in [5, 5.41) is 2.89.